The monoisotopic (exact) mass is 358 g/mol. The fraction of sp³-hybridized carbons (Fsp3) is 0.500. The summed E-state index contributed by atoms with van der Waals surface area (Å²) in [6, 6.07) is 4.12. The van der Waals surface area contributed by atoms with E-state index in [2.05, 4.69) is 30.2 Å². The van der Waals surface area contributed by atoms with Gasteiger partial charge in [-0.05, 0) is 31.9 Å². The van der Waals surface area contributed by atoms with Crippen molar-refractivity contribution in [3.05, 3.63) is 35.0 Å². The van der Waals surface area contributed by atoms with Gasteiger partial charge >= 0.3 is 5.97 Å². The summed E-state index contributed by atoms with van der Waals surface area (Å²) < 4.78 is 10.6. The van der Waals surface area contributed by atoms with Crippen LogP contribution in [0.15, 0.2) is 18.3 Å². The number of morpholine rings is 1. The third kappa shape index (κ3) is 3.97. The second-order valence-electron chi connectivity index (χ2n) is 6.71. The Hall–Kier alpha value is -2.18. The number of pyridine rings is 1. The third-order valence-electron chi connectivity index (χ3n) is 5.04. The van der Waals surface area contributed by atoms with E-state index in [1.807, 2.05) is 13.0 Å². The van der Waals surface area contributed by atoms with Crippen LogP contribution in [-0.2, 0) is 9.47 Å². The van der Waals surface area contributed by atoms with Crippen LogP contribution in [-0.4, -0.2) is 57.0 Å². The number of carbonyl (C=O) groups excluding carboxylic acids is 1. The van der Waals surface area contributed by atoms with Gasteiger partial charge in [-0.15, -0.1) is 0 Å². The molecule has 0 atom stereocenters. The summed E-state index contributed by atoms with van der Waals surface area (Å²) in [5.41, 5.74) is 4.58. The van der Waals surface area contributed by atoms with Crippen LogP contribution < -0.4 is 10.2 Å². The van der Waals surface area contributed by atoms with Crippen molar-refractivity contribution in [2.24, 2.45) is 0 Å². The summed E-state index contributed by atoms with van der Waals surface area (Å²) in [6.07, 6.45) is 1.64. The predicted molar refractivity (Wildman–Crippen MR) is 102 cm³/mol. The number of fused-ring (bicyclic) bond motifs is 1. The molecule has 140 valence electrons. The Balaban J connectivity index is 1.89. The lowest BCUT2D eigenvalue weighted by Gasteiger charge is -2.24. The van der Waals surface area contributed by atoms with E-state index >= 15 is 0 Å². The number of benzene rings is 1. The van der Waals surface area contributed by atoms with E-state index in [4.69, 9.17) is 9.47 Å². The number of hydrogen-bond donors (Lipinski definition) is 2. The van der Waals surface area contributed by atoms with Crippen molar-refractivity contribution >= 4 is 22.6 Å². The average molecular weight is 358 g/mol. The fourth-order valence-electron chi connectivity index (χ4n) is 3.34. The van der Waals surface area contributed by atoms with Gasteiger partial charge in [0.1, 0.15) is 18.7 Å². The second kappa shape index (κ2) is 8.47. The number of aryl methyl sites for hydroxylation is 2. The lowest BCUT2D eigenvalue weighted by Crippen LogP contribution is -3.14. The number of quaternary nitrogens is 1. The second-order valence-corrected chi connectivity index (χ2v) is 6.71. The molecule has 6 heteroatoms. The van der Waals surface area contributed by atoms with Gasteiger partial charge in [0.25, 0.3) is 0 Å². The number of aromatic nitrogens is 1. The van der Waals surface area contributed by atoms with E-state index in [0.29, 0.717) is 12.2 Å². The molecule has 1 saturated heterocycles. The van der Waals surface area contributed by atoms with Crippen LogP contribution in [0.4, 0.5) is 5.69 Å². The normalized spacial score (nSPS) is 15.2. The van der Waals surface area contributed by atoms with Crippen molar-refractivity contribution in [1.29, 1.82) is 0 Å². The summed E-state index contributed by atoms with van der Waals surface area (Å²) in [5.74, 6) is -0.332. The third-order valence-corrected chi connectivity index (χ3v) is 5.04. The summed E-state index contributed by atoms with van der Waals surface area (Å²) >= 11 is 0. The maximum absolute atomic E-state index is 12.4. The van der Waals surface area contributed by atoms with Crippen LogP contribution in [0.5, 0.6) is 0 Å². The Morgan fingerprint density at radius 1 is 1.31 bits per heavy atom. The highest BCUT2D eigenvalue weighted by atomic mass is 16.5. The minimum absolute atomic E-state index is 0.332. The van der Waals surface area contributed by atoms with E-state index in [0.717, 1.165) is 61.5 Å². The first kappa shape index (κ1) is 18.6. The Labute approximate surface area is 154 Å². The lowest BCUT2D eigenvalue weighted by atomic mass is 10.0. The number of ether oxygens (including phenoxy) is 2. The highest BCUT2D eigenvalue weighted by molar-refractivity contribution is 6.05. The molecule has 0 amide bonds. The summed E-state index contributed by atoms with van der Waals surface area (Å²) in [4.78, 5) is 18.5. The molecule has 1 aromatic heterocycles. The Morgan fingerprint density at radius 2 is 2.08 bits per heavy atom. The highest BCUT2D eigenvalue weighted by Gasteiger charge is 2.19. The standard InChI is InChI=1S/C20H27N3O3/c1-4-26-20(24)17-13-22-18-15(3)14(2)5-6-16(18)19(17)21-7-8-23-9-11-25-12-10-23/h5-6,13H,4,7-12H2,1-3H3,(H,21,22)/p+1. The molecule has 0 spiro atoms. The number of anilines is 1. The van der Waals surface area contributed by atoms with E-state index in [1.54, 1.807) is 6.20 Å². The van der Waals surface area contributed by atoms with E-state index < -0.39 is 0 Å². The first-order valence-electron chi connectivity index (χ1n) is 9.33. The van der Waals surface area contributed by atoms with Crippen molar-refractivity contribution < 1.29 is 19.2 Å². The van der Waals surface area contributed by atoms with Gasteiger partial charge in [0, 0.05) is 11.6 Å². The Morgan fingerprint density at radius 3 is 2.81 bits per heavy atom. The van der Waals surface area contributed by atoms with Crippen molar-refractivity contribution in [3.63, 3.8) is 0 Å². The molecule has 0 bridgehead atoms. The van der Waals surface area contributed by atoms with Crippen LogP contribution in [0.2, 0.25) is 0 Å². The van der Waals surface area contributed by atoms with Gasteiger partial charge in [0.2, 0.25) is 0 Å². The van der Waals surface area contributed by atoms with E-state index in [9.17, 15) is 4.79 Å². The Kier molecular flexibility index (Phi) is 6.06. The highest BCUT2D eigenvalue weighted by Crippen LogP contribution is 2.29. The summed E-state index contributed by atoms with van der Waals surface area (Å²) in [7, 11) is 0. The zero-order chi connectivity index (χ0) is 18.5. The van der Waals surface area contributed by atoms with E-state index in [1.165, 1.54) is 10.5 Å². The largest absolute Gasteiger partial charge is 0.462 e. The zero-order valence-electron chi connectivity index (χ0n) is 15.9. The fourth-order valence-corrected chi connectivity index (χ4v) is 3.34. The molecule has 3 rings (SSSR count). The first-order valence-corrected chi connectivity index (χ1v) is 9.33. The quantitative estimate of drug-likeness (QED) is 0.764. The molecule has 1 aliphatic rings. The number of hydrogen-bond acceptors (Lipinski definition) is 5. The molecular formula is C20H28N3O3+. The molecule has 0 radical (unpaired) electrons. The molecule has 0 aliphatic carbocycles. The van der Waals surface area contributed by atoms with Crippen molar-refractivity contribution in [3.8, 4) is 0 Å². The van der Waals surface area contributed by atoms with Crippen LogP contribution in [0, 0.1) is 13.8 Å². The smallest absolute Gasteiger partial charge is 0.341 e. The maximum Gasteiger partial charge on any atom is 0.341 e. The molecule has 0 unspecified atom stereocenters. The molecule has 26 heavy (non-hydrogen) atoms. The average Bonchev–Trinajstić information content (AvgIpc) is 2.66. The molecular weight excluding hydrogens is 330 g/mol. The molecule has 0 saturated carbocycles. The molecule has 2 heterocycles. The molecule has 1 aromatic carbocycles. The minimum Gasteiger partial charge on any atom is -0.462 e. The zero-order valence-corrected chi connectivity index (χ0v) is 15.9. The van der Waals surface area contributed by atoms with Crippen LogP contribution in [0.1, 0.15) is 28.4 Å². The summed E-state index contributed by atoms with van der Waals surface area (Å²) in [5, 5.41) is 4.46. The molecule has 6 nitrogen and oxygen atoms in total. The number of nitrogens with zero attached hydrogens (tertiary/aromatic N) is 1. The molecule has 1 fully saturated rings. The van der Waals surface area contributed by atoms with E-state index in [-0.39, 0.29) is 5.97 Å². The van der Waals surface area contributed by atoms with Crippen LogP contribution in [0.3, 0.4) is 0 Å². The first-order chi connectivity index (χ1) is 12.6. The summed E-state index contributed by atoms with van der Waals surface area (Å²) in [6.45, 7) is 11.8. The number of carbonyl (C=O) groups is 1. The number of esters is 1. The lowest BCUT2D eigenvalue weighted by molar-refractivity contribution is -0.906. The Bertz CT molecular complexity index is 785. The number of rotatable bonds is 6. The minimum atomic E-state index is -0.332. The molecule has 2 aromatic rings. The van der Waals surface area contributed by atoms with Crippen molar-refractivity contribution in [2.75, 3.05) is 51.3 Å². The van der Waals surface area contributed by atoms with Gasteiger partial charge in [0.05, 0.1) is 44.1 Å². The topological polar surface area (TPSA) is 64.9 Å². The van der Waals surface area contributed by atoms with Gasteiger partial charge in [-0.3, -0.25) is 4.98 Å². The van der Waals surface area contributed by atoms with Crippen molar-refractivity contribution in [2.45, 2.75) is 20.8 Å². The van der Waals surface area contributed by atoms with Gasteiger partial charge < -0.3 is 19.7 Å². The van der Waals surface area contributed by atoms with Crippen LogP contribution >= 0.6 is 0 Å². The van der Waals surface area contributed by atoms with Gasteiger partial charge in [-0.2, -0.15) is 0 Å². The van der Waals surface area contributed by atoms with Gasteiger partial charge in [-0.1, -0.05) is 12.1 Å². The maximum atomic E-state index is 12.4. The molecule has 2 N–H and O–H groups in total. The van der Waals surface area contributed by atoms with Gasteiger partial charge in [0.15, 0.2) is 0 Å². The van der Waals surface area contributed by atoms with Gasteiger partial charge in [-0.25, -0.2) is 4.79 Å². The number of nitrogens with one attached hydrogen (secondary N) is 2. The van der Waals surface area contributed by atoms with Crippen LogP contribution in [0.25, 0.3) is 10.9 Å². The molecule has 1 aliphatic heterocycles. The predicted octanol–water partition coefficient (Wildman–Crippen LogP) is 1.36. The SMILES string of the molecule is CCOC(=O)c1cnc2c(C)c(C)ccc2c1NCC[NH+]1CCOCC1. The van der Waals surface area contributed by atoms with Crippen molar-refractivity contribution in [1.82, 2.24) is 4.98 Å².